The van der Waals surface area contributed by atoms with Gasteiger partial charge in [-0.25, -0.2) is 0 Å². The van der Waals surface area contributed by atoms with Gasteiger partial charge in [-0.15, -0.1) is 0 Å². The number of carbonyl (C=O) groups is 2. The van der Waals surface area contributed by atoms with E-state index in [0.29, 0.717) is 17.4 Å². The molecule has 0 amide bonds. The number of allylic oxidation sites excluding steroid dienone is 10. The van der Waals surface area contributed by atoms with Crippen LogP contribution in [0.5, 0.6) is 0 Å². The molecule has 0 fully saturated rings. The minimum absolute atomic E-state index is 0.0294. The topological polar surface area (TPSA) is 111 Å². The van der Waals surface area contributed by atoms with E-state index in [1.165, 1.54) is 173 Å². The van der Waals surface area contributed by atoms with Crippen LogP contribution < -0.4 is 4.89 Å². The third kappa shape index (κ3) is 58.8. The molecular weight excluding hydrogens is 930 g/mol. The molecule has 2 atom stereocenters. The molecule has 0 N–H and O–H groups in total. The summed E-state index contributed by atoms with van der Waals surface area (Å²) < 4.78 is 34.2. The standard InChI is InChI=1S/C63H116NO8P/c1-6-8-10-12-14-16-18-20-22-24-25-26-27-28-29-30-31-32-33-34-35-36-37-38-39-40-42-44-46-48-50-52-54-56-63(66)72-61(60-71-73(67,68)70-58-57-64(3,4)5)59-69-62(65)55-53-51-49-47-45-43-41-23-21-19-17-15-13-11-9-7-2/h8,10,14,16,20,22,25-26,28-29,61H,6-7,9,11-13,15,17-19,21,23-24,27,30-60H2,1-5H3/b10-8-,16-14-,22-20-,26-25-,29-28-. The van der Waals surface area contributed by atoms with E-state index in [2.05, 4.69) is 74.6 Å². The molecule has 0 aliphatic carbocycles. The number of hydrogen-bond acceptors (Lipinski definition) is 8. The molecule has 0 radical (unpaired) electrons. The second-order valence-electron chi connectivity index (χ2n) is 21.7. The van der Waals surface area contributed by atoms with Gasteiger partial charge in [-0.2, -0.15) is 0 Å². The van der Waals surface area contributed by atoms with Gasteiger partial charge in [0.05, 0.1) is 27.7 Å². The molecule has 0 rings (SSSR count). The molecule has 0 heterocycles. The fourth-order valence-corrected chi connectivity index (χ4v) is 9.36. The van der Waals surface area contributed by atoms with Gasteiger partial charge < -0.3 is 27.9 Å². The summed E-state index contributed by atoms with van der Waals surface area (Å²) in [4.78, 5) is 37.9. The Hall–Kier alpha value is -2.29. The lowest BCUT2D eigenvalue weighted by Gasteiger charge is -2.28. The van der Waals surface area contributed by atoms with Crippen molar-refractivity contribution in [1.29, 1.82) is 0 Å². The fourth-order valence-electron chi connectivity index (χ4n) is 8.63. The monoisotopic (exact) mass is 1050 g/mol. The first-order valence-electron chi connectivity index (χ1n) is 30.5. The Balaban J connectivity index is 4.03. The Bertz CT molecular complexity index is 1420. The number of esters is 2. The molecule has 0 aromatic heterocycles. The Labute approximate surface area is 451 Å². The highest BCUT2D eigenvalue weighted by Gasteiger charge is 2.22. The van der Waals surface area contributed by atoms with Gasteiger partial charge in [0.25, 0.3) is 7.82 Å². The minimum atomic E-state index is -4.63. The third-order valence-corrected chi connectivity index (χ3v) is 14.3. The third-order valence-electron chi connectivity index (χ3n) is 13.3. The van der Waals surface area contributed by atoms with Gasteiger partial charge in [0.2, 0.25) is 0 Å². The summed E-state index contributed by atoms with van der Waals surface area (Å²) >= 11 is 0. The number of phosphoric ester groups is 1. The number of phosphoric acid groups is 1. The number of unbranched alkanes of at least 4 members (excludes halogenated alkanes) is 32. The second-order valence-corrected chi connectivity index (χ2v) is 23.1. The van der Waals surface area contributed by atoms with Crippen LogP contribution in [0, 0.1) is 0 Å². The first-order chi connectivity index (χ1) is 35.5. The van der Waals surface area contributed by atoms with Crippen LogP contribution >= 0.6 is 7.82 Å². The van der Waals surface area contributed by atoms with Gasteiger partial charge >= 0.3 is 11.9 Å². The van der Waals surface area contributed by atoms with E-state index in [4.69, 9.17) is 18.5 Å². The van der Waals surface area contributed by atoms with E-state index in [1.54, 1.807) is 0 Å². The van der Waals surface area contributed by atoms with Crippen molar-refractivity contribution in [2.24, 2.45) is 0 Å². The quantitative estimate of drug-likeness (QED) is 0.0195. The molecule has 2 unspecified atom stereocenters. The van der Waals surface area contributed by atoms with Gasteiger partial charge in [0.1, 0.15) is 19.8 Å². The summed E-state index contributed by atoms with van der Waals surface area (Å²) in [6, 6.07) is 0. The molecule has 0 saturated heterocycles. The van der Waals surface area contributed by atoms with E-state index in [9.17, 15) is 19.0 Å². The maximum absolute atomic E-state index is 12.8. The summed E-state index contributed by atoms with van der Waals surface area (Å²) in [5.74, 6) is -0.820. The van der Waals surface area contributed by atoms with E-state index in [-0.39, 0.29) is 32.0 Å². The van der Waals surface area contributed by atoms with Gasteiger partial charge in [-0.05, 0) is 57.8 Å². The Morgan fingerprint density at radius 2 is 0.781 bits per heavy atom. The maximum atomic E-state index is 12.8. The predicted molar refractivity (Wildman–Crippen MR) is 310 cm³/mol. The van der Waals surface area contributed by atoms with E-state index in [0.717, 1.165) is 70.6 Å². The average molecular weight is 1050 g/mol. The largest absolute Gasteiger partial charge is 0.756 e. The molecule has 0 saturated carbocycles. The van der Waals surface area contributed by atoms with Crippen molar-refractivity contribution in [1.82, 2.24) is 0 Å². The van der Waals surface area contributed by atoms with Crippen molar-refractivity contribution < 1.29 is 42.1 Å². The number of nitrogens with zero attached hydrogens (tertiary/aromatic N) is 1. The summed E-state index contributed by atoms with van der Waals surface area (Å²) in [5.41, 5.74) is 0. The van der Waals surface area contributed by atoms with Crippen LogP contribution in [0.25, 0.3) is 0 Å². The van der Waals surface area contributed by atoms with Crippen LogP contribution in [0.4, 0.5) is 0 Å². The molecule has 73 heavy (non-hydrogen) atoms. The lowest BCUT2D eigenvalue weighted by Crippen LogP contribution is -2.37. The van der Waals surface area contributed by atoms with Crippen molar-refractivity contribution in [2.75, 3.05) is 47.5 Å². The Kier molecular flexibility index (Phi) is 52.8. The fraction of sp³-hybridized carbons (Fsp3) is 0.810. The van der Waals surface area contributed by atoms with Gasteiger partial charge in [0, 0.05) is 12.8 Å². The SMILES string of the molecule is CC/C=C\C/C=C\C/C=C\C/C=C\C/C=C\CCCCCCCCCCCCCCCCCCCC(=O)OC(COC(=O)CCCCCCCCCCCCCCCCCC)COP(=O)([O-])OCC[N+](C)(C)C. The number of ether oxygens (including phenoxy) is 2. The van der Waals surface area contributed by atoms with Crippen LogP contribution in [0.1, 0.15) is 277 Å². The van der Waals surface area contributed by atoms with Crippen LogP contribution in [0.3, 0.4) is 0 Å². The molecule has 0 spiro atoms. The van der Waals surface area contributed by atoms with E-state index in [1.807, 2.05) is 21.1 Å². The van der Waals surface area contributed by atoms with Crippen molar-refractivity contribution >= 4 is 19.8 Å². The van der Waals surface area contributed by atoms with Gasteiger partial charge in [-0.3, -0.25) is 14.2 Å². The zero-order chi connectivity index (χ0) is 53.5. The molecule has 10 heteroatoms. The number of quaternary nitrogens is 1. The van der Waals surface area contributed by atoms with Crippen LogP contribution in [-0.2, 0) is 32.7 Å². The summed E-state index contributed by atoms with van der Waals surface area (Å²) in [6.45, 7) is 4.16. The average Bonchev–Trinajstić information content (AvgIpc) is 3.35. The van der Waals surface area contributed by atoms with Crippen LogP contribution in [-0.4, -0.2) is 70.0 Å². The van der Waals surface area contributed by atoms with Crippen LogP contribution in [0.15, 0.2) is 60.8 Å². The van der Waals surface area contributed by atoms with Gasteiger partial charge in [-0.1, -0.05) is 267 Å². The molecule has 0 aliphatic heterocycles. The van der Waals surface area contributed by atoms with Crippen molar-refractivity contribution in [3.05, 3.63) is 60.8 Å². The Morgan fingerprint density at radius 1 is 0.438 bits per heavy atom. The summed E-state index contributed by atoms with van der Waals surface area (Å²) in [7, 11) is 1.18. The first kappa shape index (κ1) is 70.7. The first-order valence-corrected chi connectivity index (χ1v) is 32.0. The van der Waals surface area contributed by atoms with Crippen molar-refractivity contribution in [3.8, 4) is 0 Å². The summed E-state index contributed by atoms with van der Waals surface area (Å²) in [6.07, 6.45) is 69.9. The van der Waals surface area contributed by atoms with Crippen molar-refractivity contribution in [3.63, 3.8) is 0 Å². The molecule has 0 aromatic rings. The number of rotatable bonds is 56. The van der Waals surface area contributed by atoms with E-state index < -0.39 is 26.5 Å². The molecule has 0 aliphatic rings. The highest BCUT2D eigenvalue weighted by molar-refractivity contribution is 7.45. The smallest absolute Gasteiger partial charge is 0.306 e. The zero-order valence-corrected chi connectivity index (χ0v) is 49.2. The van der Waals surface area contributed by atoms with E-state index >= 15 is 0 Å². The number of carbonyl (C=O) groups excluding carboxylic acids is 2. The molecule has 9 nitrogen and oxygen atoms in total. The van der Waals surface area contributed by atoms with Crippen LogP contribution in [0.2, 0.25) is 0 Å². The second kappa shape index (κ2) is 54.5. The molecular formula is C63H116NO8P. The molecule has 0 aromatic carbocycles. The van der Waals surface area contributed by atoms with Crippen molar-refractivity contribution in [2.45, 2.75) is 283 Å². The predicted octanol–water partition coefficient (Wildman–Crippen LogP) is 18.5. The van der Waals surface area contributed by atoms with Gasteiger partial charge in [0.15, 0.2) is 6.10 Å². The highest BCUT2D eigenvalue weighted by Crippen LogP contribution is 2.38. The lowest BCUT2D eigenvalue weighted by atomic mass is 10.0. The molecule has 426 valence electrons. The number of likely N-dealkylation sites (N-methyl/N-ethyl adjacent to an activating group) is 1. The minimum Gasteiger partial charge on any atom is -0.756 e. The Morgan fingerprint density at radius 3 is 1.16 bits per heavy atom. The molecule has 0 bridgehead atoms. The zero-order valence-electron chi connectivity index (χ0n) is 48.3. The summed E-state index contributed by atoms with van der Waals surface area (Å²) in [5, 5.41) is 0. The maximum Gasteiger partial charge on any atom is 0.306 e. The number of hydrogen-bond donors (Lipinski definition) is 0. The highest BCUT2D eigenvalue weighted by atomic mass is 31.2. The lowest BCUT2D eigenvalue weighted by molar-refractivity contribution is -0.870. The normalized spacial score (nSPS) is 13.7.